The molecule has 0 aromatic heterocycles. The van der Waals surface area contributed by atoms with E-state index < -0.39 is 6.09 Å². The molecule has 5 nitrogen and oxygen atoms in total. The number of carbonyl (C=O) groups is 1. The molecule has 0 spiro atoms. The Labute approximate surface area is 101 Å². The van der Waals surface area contributed by atoms with E-state index in [0.29, 0.717) is 6.54 Å². The number of para-hydroxylation sites is 1. The van der Waals surface area contributed by atoms with Crippen LogP contribution in [0, 0.1) is 0 Å². The molecule has 0 radical (unpaired) electrons. The Balaban J connectivity index is 3.00. The highest BCUT2D eigenvalue weighted by atomic mass is 16.6. The number of ether oxygens (including phenoxy) is 1. The van der Waals surface area contributed by atoms with E-state index in [-0.39, 0.29) is 6.61 Å². The van der Waals surface area contributed by atoms with E-state index in [9.17, 15) is 4.79 Å². The summed E-state index contributed by atoms with van der Waals surface area (Å²) in [6.45, 7) is 5.91. The zero-order valence-electron chi connectivity index (χ0n) is 10.0. The quantitative estimate of drug-likeness (QED) is 0.582. The number of nitrogens with zero attached hydrogens (tertiary/aromatic N) is 2. The van der Waals surface area contributed by atoms with Gasteiger partial charge in [-0.1, -0.05) is 18.2 Å². The minimum atomic E-state index is -0.397. The van der Waals surface area contributed by atoms with Crippen molar-refractivity contribution in [2.24, 2.45) is 5.16 Å². The van der Waals surface area contributed by atoms with Gasteiger partial charge in [-0.2, -0.15) is 0 Å². The van der Waals surface area contributed by atoms with Gasteiger partial charge in [-0.15, -0.1) is 5.16 Å². The van der Waals surface area contributed by atoms with E-state index in [1.165, 1.54) is 12.0 Å². The lowest BCUT2D eigenvalue weighted by atomic mass is 10.1. The Kier molecular flexibility index (Phi) is 5.00. The van der Waals surface area contributed by atoms with Crippen LogP contribution in [-0.4, -0.2) is 26.5 Å². The van der Waals surface area contributed by atoms with Crippen LogP contribution >= 0.6 is 0 Å². The van der Waals surface area contributed by atoms with Crippen LogP contribution in [0.1, 0.15) is 12.5 Å². The van der Waals surface area contributed by atoms with Gasteiger partial charge in [-0.25, -0.2) is 4.79 Å². The smallest absolute Gasteiger partial charge is 0.413 e. The fourth-order valence-electron chi connectivity index (χ4n) is 1.52. The SMILES string of the molecule is C=NOCc1ccccc1N(CC)C(=O)OC. The summed E-state index contributed by atoms with van der Waals surface area (Å²) in [7, 11) is 1.36. The normalized spacial score (nSPS) is 9.53. The molecule has 0 N–H and O–H groups in total. The molecule has 17 heavy (non-hydrogen) atoms. The Hall–Kier alpha value is -2.04. The predicted octanol–water partition coefficient (Wildman–Crippen LogP) is 2.41. The van der Waals surface area contributed by atoms with Gasteiger partial charge in [0, 0.05) is 18.8 Å². The fraction of sp³-hybridized carbons (Fsp3) is 0.333. The molecule has 0 heterocycles. The topological polar surface area (TPSA) is 51.1 Å². The number of methoxy groups -OCH3 is 1. The Morgan fingerprint density at radius 3 is 2.76 bits per heavy atom. The van der Waals surface area contributed by atoms with Crippen molar-refractivity contribution >= 4 is 18.5 Å². The maximum atomic E-state index is 11.6. The maximum Gasteiger partial charge on any atom is 0.413 e. The summed E-state index contributed by atoms with van der Waals surface area (Å²) in [4.78, 5) is 18.0. The van der Waals surface area contributed by atoms with Crippen molar-refractivity contribution in [1.82, 2.24) is 0 Å². The van der Waals surface area contributed by atoms with Crippen molar-refractivity contribution in [2.45, 2.75) is 13.5 Å². The van der Waals surface area contributed by atoms with Crippen molar-refractivity contribution in [2.75, 3.05) is 18.6 Å². The van der Waals surface area contributed by atoms with Gasteiger partial charge in [0.25, 0.3) is 0 Å². The number of hydrogen-bond acceptors (Lipinski definition) is 4. The summed E-state index contributed by atoms with van der Waals surface area (Å²) in [5, 5.41) is 3.34. The summed E-state index contributed by atoms with van der Waals surface area (Å²) < 4.78 is 4.73. The summed E-state index contributed by atoms with van der Waals surface area (Å²) in [5.74, 6) is 0. The molecule has 1 aromatic carbocycles. The number of anilines is 1. The lowest BCUT2D eigenvalue weighted by Gasteiger charge is -2.21. The Bertz CT molecular complexity index is 393. The molecule has 92 valence electrons. The molecule has 0 saturated heterocycles. The van der Waals surface area contributed by atoms with Gasteiger partial charge in [0.05, 0.1) is 12.8 Å². The third-order valence-electron chi connectivity index (χ3n) is 2.30. The van der Waals surface area contributed by atoms with Crippen molar-refractivity contribution in [1.29, 1.82) is 0 Å². The fourth-order valence-corrected chi connectivity index (χ4v) is 1.52. The number of benzene rings is 1. The first-order chi connectivity index (χ1) is 8.24. The van der Waals surface area contributed by atoms with E-state index in [0.717, 1.165) is 11.3 Å². The molecule has 0 atom stereocenters. The summed E-state index contributed by atoms with van der Waals surface area (Å²) in [6, 6.07) is 7.43. The van der Waals surface area contributed by atoms with Crippen LogP contribution in [0.2, 0.25) is 0 Å². The largest absolute Gasteiger partial charge is 0.452 e. The van der Waals surface area contributed by atoms with E-state index in [1.807, 2.05) is 31.2 Å². The number of rotatable bonds is 5. The van der Waals surface area contributed by atoms with Crippen LogP contribution in [-0.2, 0) is 16.2 Å². The first-order valence-corrected chi connectivity index (χ1v) is 5.26. The minimum absolute atomic E-state index is 0.271. The molecule has 1 rings (SSSR count). The Morgan fingerprint density at radius 1 is 1.47 bits per heavy atom. The molecule has 0 aliphatic rings. The second-order valence-electron chi connectivity index (χ2n) is 3.25. The molecule has 0 bridgehead atoms. The van der Waals surface area contributed by atoms with E-state index in [2.05, 4.69) is 11.9 Å². The molecule has 1 amide bonds. The molecular weight excluding hydrogens is 220 g/mol. The zero-order chi connectivity index (χ0) is 12.7. The number of amides is 1. The second-order valence-corrected chi connectivity index (χ2v) is 3.25. The molecule has 0 aliphatic heterocycles. The highest BCUT2D eigenvalue weighted by Crippen LogP contribution is 2.21. The van der Waals surface area contributed by atoms with Crippen LogP contribution < -0.4 is 4.90 Å². The van der Waals surface area contributed by atoms with Crippen LogP contribution in [0.25, 0.3) is 0 Å². The van der Waals surface area contributed by atoms with Crippen molar-refractivity contribution in [3.05, 3.63) is 29.8 Å². The summed E-state index contributed by atoms with van der Waals surface area (Å²) in [6.07, 6.45) is -0.397. The average Bonchev–Trinajstić information content (AvgIpc) is 2.38. The molecule has 0 unspecified atom stereocenters. The summed E-state index contributed by atoms with van der Waals surface area (Å²) in [5.41, 5.74) is 1.61. The van der Waals surface area contributed by atoms with Gasteiger partial charge >= 0.3 is 6.09 Å². The predicted molar refractivity (Wildman–Crippen MR) is 66.2 cm³/mol. The first kappa shape index (κ1) is 13.0. The average molecular weight is 236 g/mol. The molecule has 0 saturated carbocycles. The molecule has 0 aliphatic carbocycles. The summed E-state index contributed by atoms with van der Waals surface area (Å²) >= 11 is 0. The van der Waals surface area contributed by atoms with Gasteiger partial charge < -0.3 is 9.57 Å². The van der Waals surface area contributed by atoms with Gasteiger partial charge in [0.15, 0.2) is 0 Å². The highest BCUT2D eigenvalue weighted by molar-refractivity contribution is 5.88. The van der Waals surface area contributed by atoms with Crippen LogP contribution in [0.5, 0.6) is 0 Å². The molecule has 1 aromatic rings. The van der Waals surface area contributed by atoms with Crippen molar-refractivity contribution in [3.63, 3.8) is 0 Å². The number of hydrogen-bond donors (Lipinski definition) is 0. The van der Waals surface area contributed by atoms with Crippen molar-refractivity contribution < 1.29 is 14.4 Å². The molecular formula is C12H16N2O3. The maximum absolute atomic E-state index is 11.6. The third kappa shape index (κ3) is 3.21. The Morgan fingerprint density at radius 2 is 2.18 bits per heavy atom. The highest BCUT2D eigenvalue weighted by Gasteiger charge is 2.17. The van der Waals surface area contributed by atoms with E-state index in [1.54, 1.807) is 0 Å². The van der Waals surface area contributed by atoms with Crippen molar-refractivity contribution in [3.8, 4) is 0 Å². The number of carbonyl (C=O) groups excluding carboxylic acids is 1. The van der Waals surface area contributed by atoms with Gasteiger partial charge in [0.2, 0.25) is 0 Å². The first-order valence-electron chi connectivity index (χ1n) is 5.26. The van der Waals surface area contributed by atoms with E-state index in [4.69, 9.17) is 9.57 Å². The van der Waals surface area contributed by atoms with E-state index >= 15 is 0 Å². The minimum Gasteiger partial charge on any atom is -0.452 e. The van der Waals surface area contributed by atoms with Gasteiger partial charge in [0.1, 0.15) is 6.61 Å². The monoisotopic (exact) mass is 236 g/mol. The molecule has 5 heteroatoms. The van der Waals surface area contributed by atoms with Crippen LogP contribution in [0.4, 0.5) is 10.5 Å². The standard InChI is InChI=1S/C12H16N2O3/c1-4-14(12(15)16-3)11-8-6-5-7-10(11)9-17-13-2/h5-8H,2,4,9H2,1,3H3. The van der Waals surface area contributed by atoms with Gasteiger partial charge in [-0.05, 0) is 13.0 Å². The zero-order valence-corrected chi connectivity index (χ0v) is 10.0. The second kappa shape index (κ2) is 6.52. The lowest BCUT2D eigenvalue weighted by Crippen LogP contribution is -2.31. The number of oxime groups is 1. The third-order valence-corrected chi connectivity index (χ3v) is 2.30. The lowest BCUT2D eigenvalue weighted by molar-refractivity contribution is 0.133. The van der Waals surface area contributed by atoms with Crippen LogP contribution in [0.3, 0.4) is 0 Å². The molecule has 0 fully saturated rings. The van der Waals surface area contributed by atoms with Crippen LogP contribution in [0.15, 0.2) is 29.4 Å². The van der Waals surface area contributed by atoms with Gasteiger partial charge in [-0.3, -0.25) is 4.90 Å².